The van der Waals surface area contributed by atoms with Crippen molar-refractivity contribution in [3.63, 3.8) is 0 Å². The minimum atomic E-state index is -0.191. The Hall–Kier alpha value is -2.96. The Labute approximate surface area is 180 Å². The third-order valence-electron chi connectivity index (χ3n) is 5.20. The average molecular weight is 419 g/mol. The van der Waals surface area contributed by atoms with Crippen molar-refractivity contribution in [1.82, 2.24) is 0 Å². The van der Waals surface area contributed by atoms with E-state index in [0.29, 0.717) is 6.61 Å². The van der Waals surface area contributed by atoms with Gasteiger partial charge >= 0.3 is 6.03 Å². The van der Waals surface area contributed by atoms with Crippen LogP contribution in [0.15, 0.2) is 82.6 Å². The number of rotatable bonds is 4. The van der Waals surface area contributed by atoms with Gasteiger partial charge in [0.1, 0.15) is 12.4 Å². The van der Waals surface area contributed by atoms with Crippen molar-refractivity contribution >= 4 is 34.9 Å². The van der Waals surface area contributed by atoms with Gasteiger partial charge in [0.15, 0.2) is 0 Å². The number of carbonyl (C=O) groups is 1. The molecule has 1 atom stereocenters. The molecule has 5 rings (SSSR count). The molecule has 1 saturated heterocycles. The lowest BCUT2D eigenvalue weighted by Crippen LogP contribution is -2.32. The molecule has 6 heteroatoms. The van der Waals surface area contributed by atoms with Gasteiger partial charge in [-0.3, -0.25) is 4.90 Å². The number of nitrogens with zero attached hydrogens (tertiary/aromatic N) is 1. The van der Waals surface area contributed by atoms with Crippen molar-refractivity contribution in [2.24, 2.45) is 0 Å². The number of anilines is 3. The van der Waals surface area contributed by atoms with Crippen molar-refractivity contribution in [3.05, 3.63) is 72.8 Å². The van der Waals surface area contributed by atoms with Crippen LogP contribution in [0.2, 0.25) is 0 Å². The molecule has 2 aliphatic heterocycles. The zero-order valence-corrected chi connectivity index (χ0v) is 17.2. The molecular formula is C24H22N2O3S. The molecule has 0 aliphatic carbocycles. The molecule has 2 amide bonds. The summed E-state index contributed by atoms with van der Waals surface area (Å²) in [6.45, 7) is 1.38. The van der Waals surface area contributed by atoms with Crippen LogP contribution in [0.4, 0.5) is 21.9 Å². The molecule has 3 aromatic carbocycles. The Kier molecular flexibility index (Phi) is 5.34. The largest absolute Gasteiger partial charge is 0.491 e. The molecule has 0 spiro atoms. The third kappa shape index (κ3) is 3.88. The number of fused-ring (bicyclic) bond motifs is 2. The number of ether oxygens (including phenoxy) is 2. The lowest BCUT2D eigenvalue weighted by molar-refractivity contribution is 0.0679. The highest BCUT2D eigenvalue weighted by Crippen LogP contribution is 2.48. The van der Waals surface area contributed by atoms with E-state index in [2.05, 4.69) is 5.32 Å². The molecule has 2 heterocycles. The fourth-order valence-corrected chi connectivity index (χ4v) is 4.76. The summed E-state index contributed by atoms with van der Waals surface area (Å²) in [4.78, 5) is 17.1. The minimum absolute atomic E-state index is 0.182. The van der Waals surface area contributed by atoms with Crippen LogP contribution in [-0.2, 0) is 4.74 Å². The predicted molar refractivity (Wildman–Crippen MR) is 119 cm³/mol. The van der Waals surface area contributed by atoms with E-state index in [0.717, 1.165) is 52.1 Å². The fraction of sp³-hybridized carbons (Fsp3) is 0.208. The van der Waals surface area contributed by atoms with E-state index in [1.54, 1.807) is 16.7 Å². The molecule has 0 saturated carbocycles. The van der Waals surface area contributed by atoms with Gasteiger partial charge in [-0.1, -0.05) is 36.0 Å². The maximum absolute atomic E-state index is 13.2. The Balaban J connectivity index is 1.32. The monoisotopic (exact) mass is 418 g/mol. The number of carbonyl (C=O) groups excluding carboxylic acids is 1. The lowest BCUT2D eigenvalue weighted by Gasteiger charge is -2.31. The normalized spacial score (nSPS) is 17.2. The SMILES string of the molecule is O=C(Nc1ccc(OC[C@H]2CCCO2)cc1)N1c2ccccc2Sc2ccccc21. The molecule has 1 N–H and O–H groups in total. The summed E-state index contributed by atoms with van der Waals surface area (Å²) < 4.78 is 11.4. The molecular weight excluding hydrogens is 396 g/mol. The highest BCUT2D eigenvalue weighted by molar-refractivity contribution is 7.99. The molecule has 3 aromatic rings. The fourth-order valence-electron chi connectivity index (χ4n) is 3.70. The molecule has 1 fully saturated rings. The van der Waals surface area contributed by atoms with Gasteiger partial charge in [-0.2, -0.15) is 0 Å². The second-order valence-corrected chi connectivity index (χ2v) is 8.36. The van der Waals surface area contributed by atoms with Crippen LogP contribution in [0, 0.1) is 0 Å². The Morgan fingerprint density at radius 1 is 1.00 bits per heavy atom. The van der Waals surface area contributed by atoms with Gasteiger partial charge in [-0.05, 0) is 61.4 Å². The van der Waals surface area contributed by atoms with E-state index in [1.807, 2.05) is 72.8 Å². The van der Waals surface area contributed by atoms with E-state index >= 15 is 0 Å². The van der Waals surface area contributed by atoms with Crippen molar-refractivity contribution < 1.29 is 14.3 Å². The molecule has 0 bridgehead atoms. The van der Waals surface area contributed by atoms with Gasteiger partial charge in [0.05, 0.1) is 17.5 Å². The second-order valence-electron chi connectivity index (χ2n) is 7.27. The maximum atomic E-state index is 13.2. The van der Waals surface area contributed by atoms with E-state index in [9.17, 15) is 4.79 Å². The topological polar surface area (TPSA) is 50.8 Å². The van der Waals surface area contributed by atoms with E-state index in [4.69, 9.17) is 9.47 Å². The number of benzene rings is 3. The van der Waals surface area contributed by atoms with Gasteiger partial charge in [-0.15, -0.1) is 0 Å². The zero-order chi connectivity index (χ0) is 20.3. The highest BCUT2D eigenvalue weighted by atomic mass is 32.2. The minimum Gasteiger partial charge on any atom is -0.491 e. The van der Waals surface area contributed by atoms with Gasteiger partial charge in [0, 0.05) is 22.1 Å². The average Bonchev–Trinajstić information content (AvgIpc) is 3.30. The molecule has 2 aliphatic rings. The molecule has 5 nitrogen and oxygen atoms in total. The molecule has 0 aromatic heterocycles. The first-order valence-corrected chi connectivity index (χ1v) is 10.9. The first-order valence-electron chi connectivity index (χ1n) is 10.1. The number of hydrogen-bond acceptors (Lipinski definition) is 4. The zero-order valence-electron chi connectivity index (χ0n) is 16.4. The van der Waals surface area contributed by atoms with Gasteiger partial charge < -0.3 is 14.8 Å². The summed E-state index contributed by atoms with van der Waals surface area (Å²) in [5.74, 6) is 0.772. The van der Waals surface area contributed by atoms with Gasteiger partial charge in [0.25, 0.3) is 0 Å². The molecule has 0 unspecified atom stereocenters. The van der Waals surface area contributed by atoms with Crippen molar-refractivity contribution in [1.29, 1.82) is 0 Å². The molecule has 0 radical (unpaired) electrons. The number of hydrogen-bond donors (Lipinski definition) is 1. The van der Waals surface area contributed by atoms with Crippen LogP contribution in [0.3, 0.4) is 0 Å². The summed E-state index contributed by atoms with van der Waals surface area (Å²) in [5, 5.41) is 3.02. The van der Waals surface area contributed by atoms with Crippen LogP contribution in [0.5, 0.6) is 5.75 Å². The summed E-state index contributed by atoms with van der Waals surface area (Å²) >= 11 is 1.68. The van der Waals surface area contributed by atoms with Gasteiger partial charge in [-0.25, -0.2) is 4.79 Å². The Bertz CT molecular complexity index is 1000. The predicted octanol–water partition coefficient (Wildman–Crippen LogP) is 6.08. The molecule has 30 heavy (non-hydrogen) atoms. The Morgan fingerprint density at radius 2 is 1.67 bits per heavy atom. The van der Waals surface area contributed by atoms with E-state index in [-0.39, 0.29) is 12.1 Å². The standard InChI is InChI=1S/C24H22N2O3S/c27-24(25-17-11-13-18(14-12-17)29-16-19-6-5-15-28-19)26-20-7-1-3-9-22(20)30-23-10-4-2-8-21(23)26/h1-4,7-14,19H,5-6,15-16H2,(H,25,27)/t19-/m1/s1. The van der Waals surface area contributed by atoms with Crippen molar-refractivity contribution in [2.45, 2.75) is 28.7 Å². The van der Waals surface area contributed by atoms with E-state index in [1.165, 1.54) is 0 Å². The number of para-hydroxylation sites is 2. The smallest absolute Gasteiger partial charge is 0.331 e. The van der Waals surface area contributed by atoms with Crippen LogP contribution in [-0.4, -0.2) is 25.3 Å². The van der Waals surface area contributed by atoms with Crippen LogP contribution >= 0.6 is 11.8 Å². The number of urea groups is 1. The summed E-state index contributed by atoms with van der Waals surface area (Å²) in [5.41, 5.74) is 2.49. The second kappa shape index (κ2) is 8.42. The number of amides is 2. The van der Waals surface area contributed by atoms with Crippen LogP contribution in [0.1, 0.15) is 12.8 Å². The summed E-state index contributed by atoms with van der Waals surface area (Å²) in [6.07, 6.45) is 2.33. The van der Waals surface area contributed by atoms with E-state index < -0.39 is 0 Å². The first kappa shape index (κ1) is 19.0. The summed E-state index contributed by atoms with van der Waals surface area (Å²) in [7, 11) is 0. The number of nitrogens with one attached hydrogen (secondary N) is 1. The quantitative estimate of drug-likeness (QED) is 0.558. The molecule has 152 valence electrons. The van der Waals surface area contributed by atoms with Crippen molar-refractivity contribution in [3.8, 4) is 5.75 Å². The van der Waals surface area contributed by atoms with Crippen molar-refractivity contribution in [2.75, 3.05) is 23.4 Å². The Morgan fingerprint density at radius 3 is 2.30 bits per heavy atom. The lowest BCUT2D eigenvalue weighted by atomic mass is 10.2. The third-order valence-corrected chi connectivity index (χ3v) is 6.33. The summed E-state index contributed by atoms with van der Waals surface area (Å²) in [6, 6.07) is 23.2. The van der Waals surface area contributed by atoms with Crippen LogP contribution in [0.25, 0.3) is 0 Å². The highest BCUT2D eigenvalue weighted by Gasteiger charge is 2.27. The first-order chi connectivity index (χ1) is 14.8. The maximum Gasteiger partial charge on any atom is 0.331 e. The van der Waals surface area contributed by atoms with Crippen LogP contribution < -0.4 is 15.0 Å². The van der Waals surface area contributed by atoms with Gasteiger partial charge in [0.2, 0.25) is 0 Å².